The molecule has 0 unspecified atom stereocenters. The number of rotatable bonds is 2. The van der Waals surface area contributed by atoms with E-state index in [2.05, 4.69) is 5.10 Å². The van der Waals surface area contributed by atoms with Crippen LogP contribution in [0.1, 0.15) is 36.8 Å². The van der Waals surface area contributed by atoms with Crippen molar-refractivity contribution < 1.29 is 9.90 Å². The Hall–Kier alpha value is -1.65. The molecule has 0 atom stereocenters. The van der Waals surface area contributed by atoms with E-state index in [1.54, 1.807) is 0 Å². The summed E-state index contributed by atoms with van der Waals surface area (Å²) in [4.78, 5) is 22.3. The highest BCUT2D eigenvalue weighted by Gasteiger charge is 2.17. The van der Waals surface area contributed by atoms with E-state index in [1.165, 1.54) is 13.1 Å². The zero-order chi connectivity index (χ0) is 12.5. The third kappa shape index (κ3) is 2.92. The first-order valence-electron chi connectivity index (χ1n) is 5.01. The van der Waals surface area contributed by atoms with Crippen LogP contribution in [0.5, 0.6) is 0 Å². The first-order valence-corrected chi connectivity index (χ1v) is 5.01. The molecule has 1 N–H and O–H groups in total. The van der Waals surface area contributed by atoms with E-state index in [0.29, 0.717) is 12.1 Å². The lowest BCUT2D eigenvalue weighted by Crippen LogP contribution is -2.28. The van der Waals surface area contributed by atoms with Gasteiger partial charge in [0.2, 0.25) is 0 Å². The van der Waals surface area contributed by atoms with Crippen LogP contribution in [0.15, 0.2) is 10.9 Å². The molecule has 1 rings (SSSR count). The summed E-state index contributed by atoms with van der Waals surface area (Å²) in [6.07, 6.45) is 0.626. The Morgan fingerprint density at radius 3 is 2.50 bits per heavy atom. The molecule has 5 heteroatoms. The topological polar surface area (TPSA) is 72.2 Å². The smallest absolute Gasteiger partial charge is 0.341 e. The predicted molar refractivity (Wildman–Crippen MR) is 59.6 cm³/mol. The molecule has 0 aliphatic rings. The minimum atomic E-state index is -1.21. The van der Waals surface area contributed by atoms with Gasteiger partial charge in [-0.15, -0.1) is 0 Å². The fourth-order valence-corrected chi connectivity index (χ4v) is 1.45. The van der Waals surface area contributed by atoms with Crippen molar-refractivity contribution in [1.29, 1.82) is 0 Å². The highest BCUT2D eigenvalue weighted by molar-refractivity contribution is 5.87. The maximum absolute atomic E-state index is 11.4. The van der Waals surface area contributed by atoms with Crippen LogP contribution < -0.4 is 5.56 Å². The zero-order valence-corrected chi connectivity index (χ0v) is 9.94. The van der Waals surface area contributed by atoms with Crippen molar-refractivity contribution in [3.63, 3.8) is 0 Å². The number of carbonyl (C=O) groups is 1. The molecule has 0 amide bonds. The average molecular weight is 224 g/mol. The van der Waals surface area contributed by atoms with Gasteiger partial charge in [-0.25, -0.2) is 9.48 Å². The molecule has 5 nitrogen and oxygen atoms in total. The summed E-state index contributed by atoms with van der Waals surface area (Å²) in [6, 6.07) is 1.36. The van der Waals surface area contributed by atoms with Crippen molar-refractivity contribution in [3.8, 4) is 0 Å². The lowest BCUT2D eigenvalue weighted by atomic mass is 9.90. The highest BCUT2D eigenvalue weighted by atomic mass is 16.4. The molecular weight excluding hydrogens is 208 g/mol. The van der Waals surface area contributed by atoms with Gasteiger partial charge < -0.3 is 5.11 Å². The molecule has 0 saturated carbocycles. The Bertz CT molecular complexity index is 469. The first-order chi connectivity index (χ1) is 7.20. The fourth-order valence-electron chi connectivity index (χ4n) is 1.45. The maximum atomic E-state index is 11.4. The van der Waals surface area contributed by atoms with Crippen molar-refractivity contribution >= 4 is 5.97 Å². The third-order valence-corrected chi connectivity index (χ3v) is 2.06. The van der Waals surface area contributed by atoms with Crippen molar-refractivity contribution in [1.82, 2.24) is 9.78 Å². The number of hydrogen-bond donors (Lipinski definition) is 1. The molecule has 16 heavy (non-hydrogen) atoms. The van der Waals surface area contributed by atoms with E-state index in [9.17, 15) is 9.59 Å². The summed E-state index contributed by atoms with van der Waals surface area (Å²) in [5.74, 6) is -1.21. The van der Waals surface area contributed by atoms with Crippen LogP contribution in [0.25, 0.3) is 0 Å². The van der Waals surface area contributed by atoms with Crippen molar-refractivity contribution in [2.45, 2.75) is 27.2 Å². The van der Waals surface area contributed by atoms with Crippen LogP contribution in [0.2, 0.25) is 0 Å². The van der Waals surface area contributed by atoms with E-state index in [1.807, 2.05) is 20.8 Å². The molecule has 0 aromatic carbocycles. The summed E-state index contributed by atoms with van der Waals surface area (Å²) >= 11 is 0. The van der Waals surface area contributed by atoms with Gasteiger partial charge in [0.25, 0.3) is 5.56 Å². The summed E-state index contributed by atoms with van der Waals surface area (Å²) < 4.78 is 1.07. The largest absolute Gasteiger partial charge is 0.477 e. The summed E-state index contributed by atoms with van der Waals surface area (Å²) in [5, 5.41) is 12.9. The summed E-state index contributed by atoms with van der Waals surface area (Å²) in [7, 11) is 1.46. The Balaban J connectivity index is 3.25. The zero-order valence-electron chi connectivity index (χ0n) is 9.94. The lowest BCUT2D eigenvalue weighted by Gasteiger charge is -2.17. The van der Waals surface area contributed by atoms with Gasteiger partial charge in [-0.05, 0) is 17.9 Å². The molecule has 0 bridgehead atoms. The molecule has 0 aliphatic carbocycles. The van der Waals surface area contributed by atoms with Crippen LogP contribution in [0.3, 0.4) is 0 Å². The molecule has 0 spiro atoms. The minimum Gasteiger partial charge on any atom is -0.477 e. The quantitative estimate of drug-likeness (QED) is 0.815. The fraction of sp³-hybridized carbons (Fsp3) is 0.545. The second-order valence-electron chi connectivity index (χ2n) is 5.02. The van der Waals surface area contributed by atoms with Gasteiger partial charge in [0, 0.05) is 7.05 Å². The molecule has 0 radical (unpaired) electrons. The number of aromatic carboxylic acids is 1. The number of carboxylic acid groups (broad SMARTS) is 1. The van der Waals surface area contributed by atoms with Crippen LogP contribution in [-0.4, -0.2) is 20.9 Å². The molecule has 0 fully saturated rings. The molecule has 0 aliphatic heterocycles. The number of nitrogens with zero attached hydrogens (tertiary/aromatic N) is 2. The molecule has 1 aromatic heterocycles. The monoisotopic (exact) mass is 224 g/mol. The third-order valence-electron chi connectivity index (χ3n) is 2.06. The molecular formula is C11H16N2O3. The SMILES string of the molecule is Cn1nc(CC(C)(C)C)cc(C(=O)O)c1=O. The van der Waals surface area contributed by atoms with Gasteiger partial charge in [-0.3, -0.25) is 4.79 Å². The second kappa shape index (κ2) is 4.08. The Kier molecular flexibility index (Phi) is 3.16. The minimum absolute atomic E-state index is 0.000173. The summed E-state index contributed by atoms with van der Waals surface area (Å²) in [6.45, 7) is 6.08. The van der Waals surface area contributed by atoms with Crippen molar-refractivity contribution in [3.05, 3.63) is 27.7 Å². The number of carboxylic acids is 1. The predicted octanol–water partition coefficient (Wildman–Crippen LogP) is 1.07. The Morgan fingerprint density at radius 2 is 2.06 bits per heavy atom. The number of aromatic nitrogens is 2. The molecule has 88 valence electrons. The molecule has 1 aromatic rings. The normalized spacial score (nSPS) is 11.5. The average Bonchev–Trinajstić information content (AvgIpc) is 2.07. The van der Waals surface area contributed by atoms with Gasteiger partial charge in [0.05, 0.1) is 5.69 Å². The van der Waals surface area contributed by atoms with Crippen molar-refractivity contribution in [2.75, 3.05) is 0 Å². The Morgan fingerprint density at radius 1 is 1.50 bits per heavy atom. The molecule has 0 saturated heterocycles. The second-order valence-corrected chi connectivity index (χ2v) is 5.02. The van der Waals surface area contributed by atoms with Gasteiger partial charge in [-0.1, -0.05) is 20.8 Å². The van der Waals surface area contributed by atoms with Gasteiger partial charge in [-0.2, -0.15) is 5.10 Å². The van der Waals surface area contributed by atoms with Gasteiger partial charge in [0.15, 0.2) is 0 Å². The van der Waals surface area contributed by atoms with Crippen molar-refractivity contribution in [2.24, 2.45) is 12.5 Å². The lowest BCUT2D eigenvalue weighted by molar-refractivity contribution is 0.0693. The Labute approximate surface area is 93.7 Å². The standard InChI is InChI=1S/C11H16N2O3/c1-11(2,3)6-7-5-8(10(15)16)9(14)13(4)12-7/h5H,6H2,1-4H3,(H,15,16). The van der Waals surface area contributed by atoms with Crippen LogP contribution >= 0.6 is 0 Å². The van der Waals surface area contributed by atoms with Crippen LogP contribution in [-0.2, 0) is 13.5 Å². The highest BCUT2D eigenvalue weighted by Crippen LogP contribution is 2.18. The van der Waals surface area contributed by atoms with Gasteiger partial charge >= 0.3 is 5.97 Å². The van der Waals surface area contributed by atoms with Crippen LogP contribution in [0.4, 0.5) is 0 Å². The maximum Gasteiger partial charge on any atom is 0.341 e. The van der Waals surface area contributed by atoms with E-state index < -0.39 is 11.5 Å². The van der Waals surface area contributed by atoms with Crippen LogP contribution in [0, 0.1) is 5.41 Å². The van der Waals surface area contributed by atoms with Gasteiger partial charge in [0.1, 0.15) is 5.56 Å². The summed E-state index contributed by atoms with van der Waals surface area (Å²) in [5.41, 5.74) is -0.186. The van der Waals surface area contributed by atoms with E-state index in [4.69, 9.17) is 5.11 Å². The van der Waals surface area contributed by atoms with E-state index >= 15 is 0 Å². The van der Waals surface area contributed by atoms with E-state index in [0.717, 1.165) is 4.68 Å². The number of aryl methyl sites for hydroxylation is 1. The molecule has 1 heterocycles. The van der Waals surface area contributed by atoms with E-state index in [-0.39, 0.29) is 11.0 Å². The number of hydrogen-bond acceptors (Lipinski definition) is 3. The first kappa shape index (κ1) is 12.4.